The fourth-order valence-corrected chi connectivity index (χ4v) is 3.26. The first-order chi connectivity index (χ1) is 7.41. The summed E-state index contributed by atoms with van der Waals surface area (Å²) in [6.45, 7) is 0. The molecule has 0 unspecified atom stereocenters. The molecule has 0 spiro atoms. The third kappa shape index (κ3) is 33.0. The van der Waals surface area contributed by atoms with E-state index in [-0.39, 0.29) is 51.4 Å². The summed E-state index contributed by atoms with van der Waals surface area (Å²) in [6, 6.07) is 0. The normalized spacial score (nSPS) is 13.3. The van der Waals surface area contributed by atoms with Crippen molar-refractivity contribution in [2.45, 2.75) is 0 Å². The van der Waals surface area contributed by atoms with Crippen molar-refractivity contribution in [1.29, 1.82) is 0 Å². The summed E-state index contributed by atoms with van der Waals surface area (Å²) in [7, 11) is -20.2. The van der Waals surface area contributed by atoms with Crippen LogP contribution in [0.3, 0.4) is 0 Å². The molecule has 0 heterocycles. The van der Waals surface area contributed by atoms with Gasteiger partial charge in [0.25, 0.3) is 0 Å². The average molecular weight is 387 g/mol. The smallest absolute Gasteiger partial charge is 0.794 e. The quantitative estimate of drug-likeness (QED) is 0.200. The number of hydrogen-bond donors (Lipinski definition) is 11. The maximum atomic E-state index is 9.70. The van der Waals surface area contributed by atoms with Gasteiger partial charge in [-0.05, 0) is 0 Å². The van der Waals surface area contributed by atoms with Gasteiger partial charge < -0.3 is 65.8 Å². The van der Waals surface area contributed by atoms with Gasteiger partial charge in [0.2, 0.25) is 0 Å². The monoisotopic (exact) mass is 386 g/mol. The number of rotatable bonds is 4. The minimum atomic E-state index is -5.23. The van der Waals surface area contributed by atoms with Crippen LogP contribution in [0.15, 0.2) is 0 Å². The van der Waals surface area contributed by atoms with E-state index in [9.17, 15) is 4.80 Å². The SMILES string of the molecule is O[Si](O)(O)O[Si](O)(O)O.[K+].[O-][Si](O)(O)O[Si](O)(O)O. The Bertz CT molecular complexity index is 176. The Kier molecular flexibility index (Phi) is 12.5. The Hall–Kier alpha value is 1.94. The molecule has 0 aromatic carbocycles. The minimum Gasteiger partial charge on any atom is -0.794 e. The molecule has 0 saturated heterocycles. The molecule has 0 aliphatic rings. The second-order valence-corrected chi connectivity index (χ2v) is 8.65. The molecule has 0 aromatic rings. The third-order valence-corrected chi connectivity index (χ3v) is 4.89. The molecule has 0 aromatic heterocycles. The fraction of sp³-hybridized carbons (Fsp3) is 0. The van der Waals surface area contributed by atoms with Crippen molar-refractivity contribution in [3.63, 3.8) is 0 Å². The fourth-order valence-electron chi connectivity index (χ4n) is 0.362. The van der Waals surface area contributed by atoms with E-state index in [4.69, 9.17) is 52.8 Å². The molecule has 14 nitrogen and oxygen atoms in total. The van der Waals surface area contributed by atoms with Crippen LogP contribution in [-0.2, 0) is 8.23 Å². The maximum absolute atomic E-state index is 9.70. The van der Waals surface area contributed by atoms with Gasteiger partial charge in [0.05, 0.1) is 0 Å². The maximum Gasteiger partial charge on any atom is 1.00 e. The largest absolute Gasteiger partial charge is 1.00 e. The van der Waals surface area contributed by atoms with Gasteiger partial charge in [0.15, 0.2) is 0 Å². The van der Waals surface area contributed by atoms with E-state index in [1.165, 1.54) is 0 Å². The molecule has 0 radical (unpaired) electrons. The van der Waals surface area contributed by atoms with E-state index >= 15 is 0 Å². The van der Waals surface area contributed by atoms with Gasteiger partial charge in [-0.15, -0.1) is 0 Å². The molecule has 0 saturated carbocycles. The summed E-state index contributed by atoms with van der Waals surface area (Å²) in [4.78, 5) is 96.7. The molecule has 0 rings (SSSR count). The van der Waals surface area contributed by atoms with Crippen LogP contribution in [0.4, 0.5) is 0 Å². The van der Waals surface area contributed by atoms with Crippen LogP contribution in [0.2, 0.25) is 0 Å². The standard InChI is InChI=1S/K.H6O7Si2.H5O7Si2/c;2*1-8(2,3)7-9(4,5)6/h;1-6H;1-5H/q+1;;-1. The van der Waals surface area contributed by atoms with Crippen molar-refractivity contribution in [3.8, 4) is 0 Å². The molecule has 19 heavy (non-hydrogen) atoms. The number of hydrogen-bond acceptors (Lipinski definition) is 14. The van der Waals surface area contributed by atoms with Gasteiger partial charge in [0, 0.05) is 0 Å². The van der Waals surface area contributed by atoms with E-state index in [2.05, 4.69) is 8.23 Å². The summed E-state index contributed by atoms with van der Waals surface area (Å²) < 4.78 is 6.36. The summed E-state index contributed by atoms with van der Waals surface area (Å²) >= 11 is 0. The van der Waals surface area contributed by atoms with Crippen LogP contribution in [0, 0.1) is 0 Å². The van der Waals surface area contributed by atoms with Gasteiger partial charge in [0.1, 0.15) is 0 Å². The van der Waals surface area contributed by atoms with Crippen LogP contribution in [0.5, 0.6) is 0 Å². The molecule has 0 bridgehead atoms. The summed E-state index contributed by atoms with van der Waals surface area (Å²) in [6.07, 6.45) is 0. The molecule has 112 valence electrons. The first kappa shape index (κ1) is 25.9. The molecule has 0 aliphatic heterocycles. The zero-order valence-electron chi connectivity index (χ0n) is 9.14. The Morgan fingerprint density at radius 2 is 0.737 bits per heavy atom. The predicted octanol–water partition coefficient (Wildman–Crippen LogP) is -12.0. The second kappa shape index (κ2) is 9.17. The Balaban J connectivity index is -0.000000256. The van der Waals surface area contributed by atoms with Crippen molar-refractivity contribution in [1.82, 2.24) is 0 Å². The van der Waals surface area contributed by atoms with Crippen molar-refractivity contribution < 1.29 is 117 Å². The van der Waals surface area contributed by atoms with Gasteiger partial charge in [-0.2, -0.15) is 0 Å². The minimum absolute atomic E-state index is 0. The van der Waals surface area contributed by atoms with Gasteiger partial charge in [-0.25, -0.2) is 0 Å². The van der Waals surface area contributed by atoms with Crippen LogP contribution in [0.25, 0.3) is 0 Å². The van der Waals surface area contributed by atoms with Crippen LogP contribution >= 0.6 is 0 Å². The van der Waals surface area contributed by atoms with E-state index in [1.807, 2.05) is 0 Å². The van der Waals surface area contributed by atoms with Crippen molar-refractivity contribution in [2.75, 3.05) is 0 Å². The van der Waals surface area contributed by atoms with Crippen molar-refractivity contribution in [2.24, 2.45) is 0 Å². The molecule has 0 fully saturated rings. The van der Waals surface area contributed by atoms with E-state index in [0.717, 1.165) is 0 Å². The van der Waals surface area contributed by atoms with E-state index in [1.54, 1.807) is 0 Å². The van der Waals surface area contributed by atoms with Crippen LogP contribution < -0.4 is 56.2 Å². The van der Waals surface area contributed by atoms with Crippen molar-refractivity contribution in [3.05, 3.63) is 0 Å². The van der Waals surface area contributed by atoms with Crippen molar-refractivity contribution >= 4 is 36.2 Å². The molecule has 11 N–H and O–H groups in total. The summed E-state index contributed by atoms with van der Waals surface area (Å²) in [5.41, 5.74) is 0. The van der Waals surface area contributed by atoms with Gasteiger partial charge >= 0.3 is 87.6 Å². The summed E-state index contributed by atoms with van der Waals surface area (Å²) in [5, 5.41) is 0. The van der Waals surface area contributed by atoms with Crippen LogP contribution in [0.1, 0.15) is 0 Å². The average Bonchev–Trinajstić information content (AvgIpc) is 1.64. The molecular weight excluding hydrogens is 375 g/mol. The zero-order valence-corrected chi connectivity index (χ0v) is 16.3. The van der Waals surface area contributed by atoms with Gasteiger partial charge in [-0.1, -0.05) is 0 Å². The third-order valence-electron chi connectivity index (χ3n) is 0.544. The Morgan fingerprint density at radius 3 is 0.737 bits per heavy atom. The first-order valence-electron chi connectivity index (χ1n) is 3.48. The van der Waals surface area contributed by atoms with Gasteiger partial charge in [-0.3, -0.25) is 0 Å². The molecular formula is H11KO14Si4. The Labute approximate surface area is 152 Å². The van der Waals surface area contributed by atoms with E-state index in [0.29, 0.717) is 0 Å². The van der Waals surface area contributed by atoms with Crippen LogP contribution in [-0.4, -0.2) is 88.9 Å². The summed E-state index contributed by atoms with van der Waals surface area (Å²) in [5.74, 6) is 0. The first-order valence-corrected chi connectivity index (χ1v) is 10.4. The van der Waals surface area contributed by atoms with E-state index < -0.39 is 36.2 Å². The topological polar surface area (TPSA) is 264 Å². The second-order valence-electron chi connectivity index (χ2n) is 2.47. The molecule has 0 amide bonds. The zero-order chi connectivity index (χ0) is 15.4. The Morgan fingerprint density at radius 1 is 0.526 bits per heavy atom. The molecule has 0 atom stereocenters. The molecule has 0 aliphatic carbocycles. The predicted molar refractivity (Wildman–Crippen MR) is 49.6 cm³/mol. The molecule has 19 heteroatoms.